The molecule has 0 saturated heterocycles. The molecule has 0 spiro atoms. The SMILES string of the molecule is CC1(C)[C@H](C(=O)O)[C@H]1C(=O)Nc1cccc(C#N)c1. The van der Waals surface area contributed by atoms with Gasteiger partial charge in [0.1, 0.15) is 0 Å². The van der Waals surface area contributed by atoms with Crippen LogP contribution in [0.3, 0.4) is 0 Å². The third-order valence-corrected chi connectivity index (χ3v) is 3.64. The summed E-state index contributed by atoms with van der Waals surface area (Å²) in [6.07, 6.45) is 0. The fourth-order valence-electron chi connectivity index (χ4n) is 2.47. The van der Waals surface area contributed by atoms with Gasteiger partial charge in [0.2, 0.25) is 5.91 Å². The minimum atomic E-state index is -0.948. The summed E-state index contributed by atoms with van der Waals surface area (Å²) >= 11 is 0. The summed E-state index contributed by atoms with van der Waals surface area (Å²) in [6.45, 7) is 3.53. The van der Waals surface area contributed by atoms with Crippen molar-refractivity contribution in [2.75, 3.05) is 5.32 Å². The fourth-order valence-corrected chi connectivity index (χ4v) is 2.47. The normalized spacial score (nSPS) is 23.2. The van der Waals surface area contributed by atoms with Crippen molar-refractivity contribution < 1.29 is 14.7 Å². The highest BCUT2D eigenvalue weighted by molar-refractivity contribution is 5.99. The highest BCUT2D eigenvalue weighted by Gasteiger charge is 2.65. The molecule has 1 aromatic rings. The average molecular weight is 258 g/mol. The Morgan fingerprint density at radius 1 is 1.37 bits per heavy atom. The third kappa shape index (κ3) is 2.29. The minimum Gasteiger partial charge on any atom is -0.481 e. The number of carboxylic acids is 1. The summed E-state index contributed by atoms with van der Waals surface area (Å²) < 4.78 is 0. The number of carboxylic acid groups (broad SMARTS) is 1. The molecule has 0 aromatic heterocycles. The summed E-state index contributed by atoms with van der Waals surface area (Å²) in [5.74, 6) is -2.44. The van der Waals surface area contributed by atoms with Crippen LogP contribution in [-0.4, -0.2) is 17.0 Å². The van der Waals surface area contributed by atoms with E-state index in [0.29, 0.717) is 11.3 Å². The van der Waals surface area contributed by atoms with Crippen molar-refractivity contribution in [1.29, 1.82) is 5.26 Å². The molecule has 1 aromatic carbocycles. The lowest BCUT2D eigenvalue weighted by molar-refractivity contribution is -0.140. The molecule has 0 bridgehead atoms. The Kier molecular flexibility index (Phi) is 3.03. The zero-order valence-corrected chi connectivity index (χ0v) is 10.7. The molecule has 1 aliphatic carbocycles. The van der Waals surface area contributed by atoms with Gasteiger partial charge in [0.05, 0.1) is 23.5 Å². The van der Waals surface area contributed by atoms with Crippen LogP contribution in [0.1, 0.15) is 19.4 Å². The standard InChI is InChI=1S/C14H14N2O3/c1-14(2)10(11(14)13(18)19)12(17)16-9-5-3-4-8(6-9)7-15/h3-6,10-11H,1-2H3,(H,16,17)(H,18,19)/t10-,11-/m0/s1. The Bertz CT molecular complexity index is 587. The van der Waals surface area contributed by atoms with Gasteiger partial charge in [0.15, 0.2) is 0 Å². The topological polar surface area (TPSA) is 90.2 Å². The summed E-state index contributed by atoms with van der Waals surface area (Å²) in [5, 5.41) is 20.5. The molecule has 1 saturated carbocycles. The van der Waals surface area contributed by atoms with Crippen LogP contribution in [0.15, 0.2) is 24.3 Å². The number of rotatable bonds is 3. The maximum atomic E-state index is 12.0. The molecule has 0 aliphatic heterocycles. The molecule has 2 rings (SSSR count). The lowest BCUT2D eigenvalue weighted by Gasteiger charge is -2.06. The first-order valence-electron chi connectivity index (χ1n) is 5.91. The maximum absolute atomic E-state index is 12.0. The van der Waals surface area contributed by atoms with Crippen molar-refractivity contribution in [3.05, 3.63) is 29.8 Å². The van der Waals surface area contributed by atoms with Crippen molar-refractivity contribution in [3.8, 4) is 6.07 Å². The van der Waals surface area contributed by atoms with Crippen LogP contribution in [0.5, 0.6) is 0 Å². The first-order valence-corrected chi connectivity index (χ1v) is 5.91. The van der Waals surface area contributed by atoms with Crippen LogP contribution in [0, 0.1) is 28.6 Å². The molecule has 0 heterocycles. The van der Waals surface area contributed by atoms with Gasteiger partial charge in [-0.05, 0) is 23.6 Å². The monoisotopic (exact) mass is 258 g/mol. The van der Waals surface area contributed by atoms with Crippen LogP contribution >= 0.6 is 0 Å². The van der Waals surface area contributed by atoms with Crippen LogP contribution in [-0.2, 0) is 9.59 Å². The second kappa shape index (κ2) is 4.39. The molecular weight excluding hydrogens is 244 g/mol. The first-order chi connectivity index (χ1) is 8.87. The number of nitrogens with one attached hydrogen (secondary N) is 1. The summed E-state index contributed by atoms with van der Waals surface area (Å²) in [5.41, 5.74) is 0.432. The molecule has 5 nitrogen and oxygen atoms in total. The van der Waals surface area contributed by atoms with Gasteiger partial charge < -0.3 is 10.4 Å². The molecule has 19 heavy (non-hydrogen) atoms. The minimum absolute atomic E-state index is 0.313. The maximum Gasteiger partial charge on any atom is 0.307 e. The van der Waals surface area contributed by atoms with Crippen LogP contribution in [0.25, 0.3) is 0 Å². The molecule has 1 fully saturated rings. The number of nitriles is 1. The van der Waals surface area contributed by atoms with Crippen LogP contribution < -0.4 is 5.32 Å². The highest BCUT2D eigenvalue weighted by Crippen LogP contribution is 2.58. The average Bonchev–Trinajstić information content (AvgIpc) is 2.93. The van der Waals surface area contributed by atoms with Gasteiger partial charge in [0, 0.05) is 5.69 Å². The number of hydrogen-bond acceptors (Lipinski definition) is 3. The fraction of sp³-hybridized carbons (Fsp3) is 0.357. The number of nitrogens with zero attached hydrogens (tertiary/aromatic N) is 1. The van der Waals surface area contributed by atoms with Crippen molar-refractivity contribution >= 4 is 17.6 Å². The summed E-state index contributed by atoms with van der Waals surface area (Å²) in [7, 11) is 0. The number of anilines is 1. The second-order valence-electron chi connectivity index (χ2n) is 5.30. The van der Waals surface area contributed by atoms with E-state index in [9.17, 15) is 9.59 Å². The number of hydrogen-bond donors (Lipinski definition) is 2. The van der Waals surface area contributed by atoms with E-state index in [4.69, 9.17) is 10.4 Å². The third-order valence-electron chi connectivity index (χ3n) is 3.64. The van der Waals surface area contributed by atoms with E-state index >= 15 is 0 Å². The lowest BCUT2D eigenvalue weighted by atomic mass is 10.1. The molecule has 0 radical (unpaired) electrons. The first kappa shape index (κ1) is 13.1. The molecule has 0 unspecified atom stereocenters. The van der Waals surface area contributed by atoms with E-state index in [1.807, 2.05) is 6.07 Å². The quantitative estimate of drug-likeness (QED) is 0.865. The predicted octanol–water partition coefficient (Wildman–Crippen LogP) is 1.85. The van der Waals surface area contributed by atoms with Gasteiger partial charge in [-0.1, -0.05) is 19.9 Å². The smallest absolute Gasteiger partial charge is 0.307 e. The van der Waals surface area contributed by atoms with Gasteiger partial charge in [-0.3, -0.25) is 9.59 Å². The van der Waals surface area contributed by atoms with Crippen molar-refractivity contribution in [2.45, 2.75) is 13.8 Å². The molecule has 1 aliphatic rings. The van der Waals surface area contributed by atoms with Gasteiger partial charge in [-0.15, -0.1) is 0 Å². The van der Waals surface area contributed by atoms with E-state index in [0.717, 1.165) is 0 Å². The zero-order valence-electron chi connectivity index (χ0n) is 10.7. The van der Waals surface area contributed by atoms with E-state index in [-0.39, 0.29) is 5.91 Å². The Hall–Kier alpha value is -2.35. The number of aliphatic carboxylic acids is 1. The Balaban J connectivity index is 2.11. The van der Waals surface area contributed by atoms with E-state index in [1.54, 1.807) is 38.1 Å². The van der Waals surface area contributed by atoms with Crippen molar-refractivity contribution in [2.24, 2.45) is 17.3 Å². The van der Waals surface area contributed by atoms with Gasteiger partial charge in [-0.2, -0.15) is 5.26 Å². The van der Waals surface area contributed by atoms with Crippen molar-refractivity contribution in [1.82, 2.24) is 0 Å². The van der Waals surface area contributed by atoms with Gasteiger partial charge in [-0.25, -0.2) is 0 Å². The number of carbonyl (C=O) groups excluding carboxylic acids is 1. The van der Waals surface area contributed by atoms with Crippen LogP contribution in [0.2, 0.25) is 0 Å². The number of carbonyl (C=O) groups is 2. The van der Waals surface area contributed by atoms with E-state index in [2.05, 4.69) is 5.32 Å². The van der Waals surface area contributed by atoms with Gasteiger partial charge >= 0.3 is 5.97 Å². The Morgan fingerprint density at radius 3 is 2.58 bits per heavy atom. The molecule has 2 atom stereocenters. The van der Waals surface area contributed by atoms with Gasteiger partial charge in [0.25, 0.3) is 0 Å². The molecule has 2 N–H and O–H groups in total. The largest absolute Gasteiger partial charge is 0.481 e. The zero-order chi connectivity index (χ0) is 14.2. The lowest BCUT2D eigenvalue weighted by Crippen LogP contribution is -2.17. The summed E-state index contributed by atoms with van der Waals surface area (Å²) in [4.78, 5) is 23.1. The van der Waals surface area contributed by atoms with E-state index < -0.39 is 23.2 Å². The predicted molar refractivity (Wildman–Crippen MR) is 68.2 cm³/mol. The second-order valence-corrected chi connectivity index (χ2v) is 5.30. The van der Waals surface area contributed by atoms with Crippen molar-refractivity contribution in [3.63, 3.8) is 0 Å². The summed E-state index contributed by atoms with van der Waals surface area (Å²) in [6, 6.07) is 8.52. The molecule has 1 amide bonds. The Morgan fingerprint density at radius 2 is 2.05 bits per heavy atom. The number of benzene rings is 1. The van der Waals surface area contributed by atoms with Crippen LogP contribution in [0.4, 0.5) is 5.69 Å². The highest BCUT2D eigenvalue weighted by atomic mass is 16.4. The molecule has 5 heteroatoms. The van der Waals surface area contributed by atoms with E-state index in [1.165, 1.54) is 0 Å². The molecular formula is C14H14N2O3. The number of amides is 1. The Labute approximate surface area is 110 Å². The molecule has 98 valence electrons.